The Morgan fingerprint density at radius 2 is 2.12 bits per heavy atom. The molecule has 1 aromatic rings. The highest BCUT2D eigenvalue weighted by molar-refractivity contribution is 9.10. The number of nitrogens with two attached hydrogens (primary N) is 1. The topological polar surface area (TPSA) is 63.8 Å². The average molecular weight is 299 g/mol. The molecule has 5 heteroatoms. The third kappa shape index (κ3) is 3.31. The summed E-state index contributed by atoms with van der Waals surface area (Å²) in [6.45, 7) is 3.29. The van der Waals surface area contributed by atoms with Gasteiger partial charge in [-0.3, -0.25) is 0 Å². The van der Waals surface area contributed by atoms with Crippen molar-refractivity contribution < 1.29 is 0 Å². The number of anilines is 2. The molecule has 2 rings (SSSR count). The first-order valence-electron chi connectivity index (χ1n) is 6.11. The van der Waals surface area contributed by atoms with E-state index in [0.29, 0.717) is 11.4 Å². The van der Waals surface area contributed by atoms with Crippen LogP contribution in [0.5, 0.6) is 0 Å². The molecule has 0 atom stereocenters. The molecule has 0 spiro atoms. The largest absolute Gasteiger partial charge is 0.368 e. The standard InChI is InChI=1S/C12H19BrN4/c1-12(5-3-2-4-6-12)8-16-10-9(13)7-15-11(14)17-10/h7H,2-6,8H2,1H3,(H3,14,15,16,17). The molecule has 1 heterocycles. The van der Waals surface area contributed by atoms with Gasteiger partial charge in [0.1, 0.15) is 5.82 Å². The van der Waals surface area contributed by atoms with Crippen LogP contribution in [0.15, 0.2) is 10.7 Å². The summed E-state index contributed by atoms with van der Waals surface area (Å²) in [5.41, 5.74) is 5.97. The van der Waals surface area contributed by atoms with Crippen LogP contribution in [-0.4, -0.2) is 16.5 Å². The average Bonchev–Trinajstić information content (AvgIpc) is 2.31. The maximum absolute atomic E-state index is 5.59. The van der Waals surface area contributed by atoms with Gasteiger partial charge in [-0.25, -0.2) is 4.98 Å². The van der Waals surface area contributed by atoms with Crippen LogP contribution < -0.4 is 11.1 Å². The lowest BCUT2D eigenvalue weighted by Crippen LogP contribution is -2.29. The Morgan fingerprint density at radius 1 is 1.41 bits per heavy atom. The molecule has 0 radical (unpaired) electrons. The predicted octanol–water partition coefficient (Wildman–Crippen LogP) is 3.20. The van der Waals surface area contributed by atoms with Crippen molar-refractivity contribution >= 4 is 27.7 Å². The van der Waals surface area contributed by atoms with E-state index < -0.39 is 0 Å². The number of nitrogen functional groups attached to an aromatic ring is 1. The third-order valence-corrected chi connectivity index (χ3v) is 4.09. The molecular weight excluding hydrogens is 280 g/mol. The molecular formula is C12H19BrN4. The number of aromatic nitrogens is 2. The zero-order valence-corrected chi connectivity index (χ0v) is 11.8. The van der Waals surface area contributed by atoms with Crippen molar-refractivity contribution in [3.8, 4) is 0 Å². The van der Waals surface area contributed by atoms with Crippen molar-refractivity contribution in [2.24, 2.45) is 5.41 Å². The molecule has 0 aliphatic heterocycles. The second kappa shape index (κ2) is 5.21. The second-order valence-corrected chi connectivity index (χ2v) is 6.00. The van der Waals surface area contributed by atoms with Gasteiger partial charge in [0.05, 0.1) is 4.47 Å². The summed E-state index contributed by atoms with van der Waals surface area (Å²) in [6.07, 6.45) is 8.32. The van der Waals surface area contributed by atoms with Crippen LogP contribution in [0, 0.1) is 5.41 Å². The third-order valence-electron chi connectivity index (χ3n) is 3.51. The molecule has 3 N–H and O–H groups in total. The van der Waals surface area contributed by atoms with Crippen molar-refractivity contribution in [1.82, 2.24) is 9.97 Å². The van der Waals surface area contributed by atoms with Gasteiger partial charge >= 0.3 is 0 Å². The summed E-state index contributed by atoms with van der Waals surface area (Å²) in [7, 11) is 0. The van der Waals surface area contributed by atoms with Gasteiger partial charge in [0.15, 0.2) is 0 Å². The first-order chi connectivity index (χ1) is 8.09. The van der Waals surface area contributed by atoms with Gasteiger partial charge in [-0.05, 0) is 34.2 Å². The molecule has 0 saturated heterocycles. The molecule has 1 aliphatic carbocycles. The Morgan fingerprint density at radius 3 is 2.82 bits per heavy atom. The highest BCUT2D eigenvalue weighted by Crippen LogP contribution is 2.36. The monoisotopic (exact) mass is 298 g/mol. The number of halogens is 1. The Bertz CT molecular complexity index is 388. The lowest BCUT2D eigenvalue weighted by atomic mass is 9.76. The predicted molar refractivity (Wildman–Crippen MR) is 73.8 cm³/mol. The molecule has 17 heavy (non-hydrogen) atoms. The summed E-state index contributed by atoms with van der Waals surface area (Å²) in [5, 5.41) is 3.39. The van der Waals surface area contributed by atoms with Crippen LogP contribution >= 0.6 is 15.9 Å². The summed E-state index contributed by atoms with van der Waals surface area (Å²) in [5.74, 6) is 1.11. The minimum Gasteiger partial charge on any atom is -0.368 e. The summed E-state index contributed by atoms with van der Waals surface area (Å²) in [6, 6.07) is 0. The van der Waals surface area contributed by atoms with Gasteiger partial charge < -0.3 is 11.1 Å². The van der Waals surface area contributed by atoms with E-state index in [0.717, 1.165) is 16.8 Å². The zero-order chi connectivity index (χ0) is 12.3. The fourth-order valence-corrected chi connectivity index (χ4v) is 2.72. The van der Waals surface area contributed by atoms with Crippen molar-refractivity contribution in [3.05, 3.63) is 10.7 Å². The molecule has 0 amide bonds. The normalized spacial score (nSPS) is 18.9. The van der Waals surface area contributed by atoms with Gasteiger partial charge in [0.2, 0.25) is 5.95 Å². The first-order valence-corrected chi connectivity index (χ1v) is 6.90. The van der Waals surface area contributed by atoms with E-state index in [4.69, 9.17) is 5.73 Å². The Hall–Kier alpha value is -0.840. The fraction of sp³-hybridized carbons (Fsp3) is 0.667. The SMILES string of the molecule is CC1(CNc2nc(N)ncc2Br)CCCCC1. The Labute approximate surface area is 111 Å². The maximum atomic E-state index is 5.59. The van der Waals surface area contributed by atoms with Gasteiger partial charge in [0, 0.05) is 12.7 Å². The van der Waals surface area contributed by atoms with Crippen LogP contribution in [0.25, 0.3) is 0 Å². The lowest BCUT2D eigenvalue weighted by molar-refractivity contribution is 0.233. The summed E-state index contributed by atoms with van der Waals surface area (Å²) in [4.78, 5) is 8.13. The lowest BCUT2D eigenvalue weighted by Gasteiger charge is -2.33. The van der Waals surface area contributed by atoms with E-state index in [1.807, 2.05) is 0 Å². The van der Waals surface area contributed by atoms with E-state index in [-0.39, 0.29) is 0 Å². The highest BCUT2D eigenvalue weighted by Gasteiger charge is 2.26. The van der Waals surface area contributed by atoms with Crippen LogP contribution in [0.4, 0.5) is 11.8 Å². The molecule has 94 valence electrons. The van der Waals surface area contributed by atoms with Crippen LogP contribution in [-0.2, 0) is 0 Å². The van der Waals surface area contributed by atoms with Gasteiger partial charge in [-0.2, -0.15) is 4.98 Å². The van der Waals surface area contributed by atoms with E-state index in [2.05, 4.69) is 38.1 Å². The molecule has 1 saturated carbocycles. The Kier molecular flexibility index (Phi) is 3.86. The first kappa shape index (κ1) is 12.6. The van der Waals surface area contributed by atoms with Gasteiger partial charge in [-0.1, -0.05) is 26.2 Å². The number of nitrogens with one attached hydrogen (secondary N) is 1. The molecule has 0 aromatic carbocycles. The molecule has 1 aromatic heterocycles. The number of nitrogens with zero attached hydrogens (tertiary/aromatic N) is 2. The van der Waals surface area contributed by atoms with Gasteiger partial charge in [0.25, 0.3) is 0 Å². The molecule has 0 bridgehead atoms. The molecule has 1 fully saturated rings. The zero-order valence-electron chi connectivity index (χ0n) is 10.2. The van der Waals surface area contributed by atoms with E-state index >= 15 is 0 Å². The van der Waals surface area contributed by atoms with E-state index in [1.165, 1.54) is 32.1 Å². The van der Waals surface area contributed by atoms with Gasteiger partial charge in [-0.15, -0.1) is 0 Å². The summed E-state index contributed by atoms with van der Waals surface area (Å²) < 4.78 is 0.867. The Balaban J connectivity index is 1.99. The van der Waals surface area contributed by atoms with E-state index in [1.54, 1.807) is 6.20 Å². The highest BCUT2D eigenvalue weighted by atomic mass is 79.9. The fourth-order valence-electron chi connectivity index (χ4n) is 2.38. The minimum absolute atomic E-state index is 0.310. The van der Waals surface area contributed by atoms with Crippen molar-refractivity contribution in [2.45, 2.75) is 39.0 Å². The van der Waals surface area contributed by atoms with Crippen LogP contribution in [0.1, 0.15) is 39.0 Å². The summed E-state index contributed by atoms with van der Waals surface area (Å²) >= 11 is 3.43. The molecule has 0 unspecified atom stereocenters. The second-order valence-electron chi connectivity index (χ2n) is 5.15. The smallest absolute Gasteiger partial charge is 0.221 e. The quantitative estimate of drug-likeness (QED) is 0.899. The van der Waals surface area contributed by atoms with Crippen molar-refractivity contribution in [2.75, 3.05) is 17.6 Å². The van der Waals surface area contributed by atoms with E-state index in [9.17, 15) is 0 Å². The molecule has 1 aliphatic rings. The van der Waals surface area contributed by atoms with Crippen molar-refractivity contribution in [1.29, 1.82) is 0 Å². The minimum atomic E-state index is 0.310. The number of hydrogen-bond donors (Lipinski definition) is 2. The number of hydrogen-bond acceptors (Lipinski definition) is 4. The van der Waals surface area contributed by atoms with Crippen LogP contribution in [0.3, 0.4) is 0 Å². The number of rotatable bonds is 3. The van der Waals surface area contributed by atoms with Crippen LogP contribution in [0.2, 0.25) is 0 Å². The van der Waals surface area contributed by atoms with Crippen molar-refractivity contribution in [3.63, 3.8) is 0 Å². The maximum Gasteiger partial charge on any atom is 0.221 e. The molecule has 4 nitrogen and oxygen atoms in total.